The van der Waals surface area contributed by atoms with Gasteiger partial charge in [-0.25, -0.2) is 0 Å². The molecule has 0 aliphatic heterocycles. The zero-order valence-corrected chi connectivity index (χ0v) is 14.9. The summed E-state index contributed by atoms with van der Waals surface area (Å²) in [4.78, 5) is 0. The molecule has 0 unspecified atom stereocenters. The monoisotopic (exact) mass is 316 g/mol. The minimum Gasteiger partial charge on any atom is -0.198 e. The van der Waals surface area contributed by atoms with Crippen molar-refractivity contribution in [2.24, 2.45) is 10.8 Å². The van der Waals surface area contributed by atoms with Crippen molar-refractivity contribution in [2.45, 2.75) is 40.5 Å². The van der Waals surface area contributed by atoms with Gasteiger partial charge >= 0.3 is 0 Å². The number of hydrogen-bond acceptors (Lipinski definition) is 2. The predicted octanol–water partition coefficient (Wildman–Crippen LogP) is 5.54. The van der Waals surface area contributed by atoms with Crippen LogP contribution < -0.4 is 0 Å². The average Bonchev–Trinajstić information content (AvgIpc) is 2.56. The van der Waals surface area contributed by atoms with Gasteiger partial charge < -0.3 is 0 Å². The Balaban J connectivity index is 2.13. The van der Waals surface area contributed by atoms with E-state index in [1.54, 1.807) is 0 Å². The first kappa shape index (κ1) is 17.8. The Labute approximate surface area is 145 Å². The molecule has 2 heteroatoms. The maximum Gasteiger partial charge on any atom is 0.0687 e. The normalized spacial score (nSPS) is 11.6. The van der Waals surface area contributed by atoms with Crippen LogP contribution in [0.4, 0.5) is 0 Å². The maximum absolute atomic E-state index is 9.14. The van der Waals surface area contributed by atoms with E-state index in [1.807, 2.05) is 27.7 Å². The second-order valence-electron chi connectivity index (χ2n) is 7.74. The molecule has 0 saturated carbocycles. The Kier molecular flexibility index (Phi) is 5.10. The summed E-state index contributed by atoms with van der Waals surface area (Å²) in [5.41, 5.74) is 4.02. The summed E-state index contributed by atoms with van der Waals surface area (Å²) in [6.07, 6.45) is 1.51. The molecule has 0 N–H and O–H groups in total. The minimum absolute atomic E-state index is 0.337. The lowest BCUT2D eigenvalue weighted by atomic mass is 9.86. The molecule has 24 heavy (non-hydrogen) atoms. The molecule has 0 aliphatic rings. The van der Waals surface area contributed by atoms with Gasteiger partial charge in [-0.2, -0.15) is 10.5 Å². The first-order valence-corrected chi connectivity index (χ1v) is 8.25. The molecule has 2 aromatic rings. The van der Waals surface area contributed by atoms with Gasteiger partial charge in [0.2, 0.25) is 0 Å². The Morgan fingerprint density at radius 3 is 1.17 bits per heavy atom. The van der Waals surface area contributed by atoms with Gasteiger partial charge in [0.15, 0.2) is 0 Å². The molecule has 0 radical (unpaired) electrons. The van der Waals surface area contributed by atoms with E-state index in [0.29, 0.717) is 0 Å². The van der Waals surface area contributed by atoms with Crippen LogP contribution >= 0.6 is 0 Å². The molecule has 2 nitrogen and oxygen atoms in total. The highest BCUT2D eigenvalue weighted by Gasteiger charge is 2.18. The van der Waals surface area contributed by atoms with Gasteiger partial charge in [0.1, 0.15) is 0 Å². The molecule has 0 heterocycles. The molecular formula is C22H24N2. The number of nitrogens with zero attached hydrogens (tertiary/aromatic N) is 2. The summed E-state index contributed by atoms with van der Waals surface area (Å²) in [6, 6.07) is 21.5. The van der Waals surface area contributed by atoms with Gasteiger partial charge in [-0.05, 0) is 62.8 Å². The van der Waals surface area contributed by atoms with E-state index in [4.69, 9.17) is 10.5 Å². The van der Waals surface area contributed by atoms with Crippen molar-refractivity contribution in [3.05, 3.63) is 59.7 Å². The summed E-state index contributed by atoms with van der Waals surface area (Å²) in [6.45, 7) is 7.84. The standard InChI is InChI=1S/C22H24N2/c1-21(2,15-23)13-17-5-9-19(10-6-17)20-11-7-18(8-12-20)14-22(3,4)16-24/h5-12H,13-14H2,1-4H3. The zero-order valence-electron chi connectivity index (χ0n) is 14.9. The van der Waals surface area contributed by atoms with Crippen LogP contribution in [0.25, 0.3) is 11.1 Å². The molecular weight excluding hydrogens is 292 g/mol. The first-order chi connectivity index (χ1) is 11.2. The van der Waals surface area contributed by atoms with E-state index < -0.39 is 0 Å². The molecule has 0 amide bonds. The SMILES string of the molecule is CC(C)(C#N)Cc1ccc(-c2ccc(CC(C)(C)C#N)cc2)cc1. The third-order valence-electron chi connectivity index (χ3n) is 4.14. The van der Waals surface area contributed by atoms with E-state index in [9.17, 15) is 0 Å². The molecule has 0 spiro atoms. The Hall–Kier alpha value is -2.58. The largest absolute Gasteiger partial charge is 0.198 e. The molecule has 122 valence electrons. The summed E-state index contributed by atoms with van der Waals surface area (Å²) in [5, 5.41) is 18.3. The number of benzene rings is 2. The van der Waals surface area contributed by atoms with Crippen molar-refractivity contribution in [3.8, 4) is 23.3 Å². The van der Waals surface area contributed by atoms with Crippen molar-refractivity contribution < 1.29 is 0 Å². The molecule has 0 saturated heterocycles. The highest BCUT2D eigenvalue weighted by molar-refractivity contribution is 5.64. The van der Waals surface area contributed by atoms with Crippen LogP contribution in [0, 0.1) is 33.5 Å². The first-order valence-electron chi connectivity index (χ1n) is 8.25. The predicted molar refractivity (Wildman–Crippen MR) is 98.1 cm³/mol. The molecule has 0 bridgehead atoms. The zero-order chi connectivity index (χ0) is 17.8. The van der Waals surface area contributed by atoms with Crippen LogP contribution in [-0.2, 0) is 12.8 Å². The second-order valence-corrected chi connectivity index (χ2v) is 7.74. The highest BCUT2D eigenvalue weighted by Crippen LogP contribution is 2.26. The van der Waals surface area contributed by atoms with Crippen molar-refractivity contribution in [1.29, 1.82) is 10.5 Å². The molecule has 2 aromatic carbocycles. The third kappa shape index (κ3) is 4.71. The van der Waals surface area contributed by atoms with Crippen LogP contribution in [0.1, 0.15) is 38.8 Å². The summed E-state index contributed by atoms with van der Waals surface area (Å²) >= 11 is 0. The quantitative estimate of drug-likeness (QED) is 0.727. The van der Waals surface area contributed by atoms with Gasteiger partial charge in [0.25, 0.3) is 0 Å². The van der Waals surface area contributed by atoms with Crippen LogP contribution in [0.2, 0.25) is 0 Å². The third-order valence-corrected chi connectivity index (χ3v) is 4.14. The fourth-order valence-corrected chi connectivity index (χ4v) is 2.73. The smallest absolute Gasteiger partial charge is 0.0687 e. The van der Waals surface area contributed by atoms with E-state index >= 15 is 0 Å². The van der Waals surface area contributed by atoms with Gasteiger partial charge in [0.05, 0.1) is 23.0 Å². The fourth-order valence-electron chi connectivity index (χ4n) is 2.73. The van der Waals surface area contributed by atoms with Crippen LogP contribution in [-0.4, -0.2) is 0 Å². The Bertz CT molecular complexity index is 697. The number of hydrogen-bond donors (Lipinski definition) is 0. The highest BCUT2D eigenvalue weighted by atomic mass is 14.3. The van der Waals surface area contributed by atoms with E-state index in [-0.39, 0.29) is 10.8 Å². The maximum atomic E-state index is 9.14. The molecule has 0 fully saturated rings. The van der Waals surface area contributed by atoms with Gasteiger partial charge in [-0.3, -0.25) is 0 Å². The molecule has 0 aromatic heterocycles. The van der Waals surface area contributed by atoms with E-state index in [1.165, 1.54) is 22.3 Å². The summed E-state index contributed by atoms with van der Waals surface area (Å²) < 4.78 is 0. The molecule has 2 rings (SSSR count). The topological polar surface area (TPSA) is 47.6 Å². The van der Waals surface area contributed by atoms with E-state index in [0.717, 1.165) is 12.8 Å². The van der Waals surface area contributed by atoms with Crippen molar-refractivity contribution >= 4 is 0 Å². The molecule has 0 aliphatic carbocycles. The lowest BCUT2D eigenvalue weighted by Crippen LogP contribution is -2.11. The molecule has 0 atom stereocenters. The Morgan fingerprint density at radius 1 is 0.625 bits per heavy atom. The van der Waals surface area contributed by atoms with Crippen molar-refractivity contribution in [2.75, 3.05) is 0 Å². The summed E-state index contributed by atoms with van der Waals surface area (Å²) in [7, 11) is 0. The number of nitriles is 2. The number of rotatable bonds is 5. The van der Waals surface area contributed by atoms with Crippen molar-refractivity contribution in [1.82, 2.24) is 0 Å². The van der Waals surface area contributed by atoms with Crippen LogP contribution in [0.15, 0.2) is 48.5 Å². The van der Waals surface area contributed by atoms with E-state index in [2.05, 4.69) is 60.7 Å². The second kappa shape index (κ2) is 6.90. The lowest BCUT2D eigenvalue weighted by Gasteiger charge is -2.16. The minimum atomic E-state index is -0.337. The van der Waals surface area contributed by atoms with Gasteiger partial charge in [0, 0.05) is 0 Å². The summed E-state index contributed by atoms with van der Waals surface area (Å²) in [5.74, 6) is 0. The Morgan fingerprint density at radius 2 is 0.917 bits per heavy atom. The average molecular weight is 316 g/mol. The van der Waals surface area contributed by atoms with Gasteiger partial charge in [-0.1, -0.05) is 48.5 Å². The van der Waals surface area contributed by atoms with Crippen LogP contribution in [0.5, 0.6) is 0 Å². The lowest BCUT2D eigenvalue weighted by molar-refractivity contribution is 0.493. The fraction of sp³-hybridized carbons (Fsp3) is 0.364. The van der Waals surface area contributed by atoms with Gasteiger partial charge in [-0.15, -0.1) is 0 Å². The van der Waals surface area contributed by atoms with Crippen LogP contribution in [0.3, 0.4) is 0 Å². The van der Waals surface area contributed by atoms with Crippen molar-refractivity contribution in [3.63, 3.8) is 0 Å².